The molecule has 1 atom stereocenters. The highest BCUT2D eigenvalue weighted by atomic mass is 79.9. The number of carbonyl (C=O) groups excluding carboxylic acids is 1. The molecule has 0 fully saturated rings. The van der Waals surface area contributed by atoms with Gasteiger partial charge in [-0.15, -0.1) is 0 Å². The van der Waals surface area contributed by atoms with Gasteiger partial charge in [0.1, 0.15) is 0 Å². The molecule has 0 aliphatic heterocycles. The highest BCUT2D eigenvalue weighted by molar-refractivity contribution is 9.10. The Hall–Kier alpha value is -0.870. The fourth-order valence-electron chi connectivity index (χ4n) is 1.32. The number of ether oxygens (including phenoxy) is 1. The minimum atomic E-state index is -0.216. The van der Waals surface area contributed by atoms with Gasteiger partial charge in [0.05, 0.1) is 13.2 Å². The highest BCUT2D eigenvalue weighted by Gasteiger charge is 2.07. The van der Waals surface area contributed by atoms with Crippen LogP contribution in [0.25, 0.3) is 0 Å². The van der Waals surface area contributed by atoms with E-state index >= 15 is 0 Å². The molecule has 88 valence electrons. The first-order chi connectivity index (χ1) is 7.63. The van der Waals surface area contributed by atoms with E-state index in [2.05, 4.69) is 21.2 Å². The summed E-state index contributed by atoms with van der Waals surface area (Å²) in [6.45, 7) is 4.48. The Bertz CT molecular complexity index is 337. The van der Waals surface area contributed by atoms with Crippen molar-refractivity contribution in [1.29, 1.82) is 0 Å². The van der Waals surface area contributed by atoms with Gasteiger partial charge < -0.3 is 10.1 Å². The van der Waals surface area contributed by atoms with Crippen LogP contribution in [0.2, 0.25) is 0 Å². The van der Waals surface area contributed by atoms with Crippen LogP contribution in [0.4, 0.5) is 0 Å². The molecule has 0 heterocycles. The zero-order valence-corrected chi connectivity index (χ0v) is 11.1. The third-order valence-electron chi connectivity index (χ3n) is 2.23. The second-order valence-corrected chi connectivity index (χ2v) is 4.37. The normalized spacial score (nSPS) is 12.2. The first kappa shape index (κ1) is 13.2. The van der Waals surface area contributed by atoms with E-state index in [9.17, 15) is 4.79 Å². The molecule has 0 aromatic heterocycles. The van der Waals surface area contributed by atoms with Gasteiger partial charge in [0.25, 0.3) is 0 Å². The molecule has 0 unspecified atom stereocenters. The van der Waals surface area contributed by atoms with Crippen LogP contribution >= 0.6 is 15.9 Å². The number of hydrogen-bond acceptors (Lipinski definition) is 3. The van der Waals surface area contributed by atoms with Crippen LogP contribution in [-0.2, 0) is 9.53 Å². The van der Waals surface area contributed by atoms with Crippen molar-refractivity contribution in [3.8, 4) is 0 Å². The van der Waals surface area contributed by atoms with Gasteiger partial charge in [-0.1, -0.05) is 28.1 Å². The summed E-state index contributed by atoms with van der Waals surface area (Å²) in [7, 11) is 0. The maximum Gasteiger partial charge on any atom is 0.319 e. The van der Waals surface area contributed by atoms with Crippen LogP contribution < -0.4 is 5.32 Å². The lowest BCUT2D eigenvalue weighted by atomic mass is 10.1. The van der Waals surface area contributed by atoms with E-state index < -0.39 is 0 Å². The highest BCUT2D eigenvalue weighted by Crippen LogP contribution is 2.16. The van der Waals surface area contributed by atoms with Crippen LogP contribution in [0.1, 0.15) is 25.5 Å². The van der Waals surface area contributed by atoms with Gasteiger partial charge in [-0.3, -0.25) is 4.79 Å². The number of rotatable bonds is 5. The zero-order chi connectivity index (χ0) is 12.0. The Morgan fingerprint density at radius 1 is 1.44 bits per heavy atom. The van der Waals surface area contributed by atoms with E-state index in [-0.39, 0.29) is 18.6 Å². The van der Waals surface area contributed by atoms with Crippen LogP contribution in [-0.4, -0.2) is 19.1 Å². The summed E-state index contributed by atoms with van der Waals surface area (Å²) in [6, 6.07) is 8.15. The Kier molecular flexibility index (Phi) is 5.49. The van der Waals surface area contributed by atoms with Crippen LogP contribution in [0.5, 0.6) is 0 Å². The molecule has 1 aromatic carbocycles. The van der Waals surface area contributed by atoms with E-state index in [1.165, 1.54) is 0 Å². The monoisotopic (exact) mass is 285 g/mol. The van der Waals surface area contributed by atoms with E-state index in [0.29, 0.717) is 6.61 Å². The standard InChI is InChI=1S/C12H16BrNO2/c1-3-16-12(15)8-14-9(2)10-4-6-11(13)7-5-10/h4-7,9,14H,3,8H2,1-2H3/t9-/m1/s1. The molecule has 0 spiro atoms. The molecule has 0 bridgehead atoms. The van der Waals surface area contributed by atoms with Crippen LogP contribution in [0.3, 0.4) is 0 Å². The smallest absolute Gasteiger partial charge is 0.319 e. The predicted octanol–water partition coefficient (Wildman–Crippen LogP) is 2.66. The maximum atomic E-state index is 11.1. The lowest BCUT2D eigenvalue weighted by Gasteiger charge is -2.13. The van der Waals surface area contributed by atoms with Crippen molar-refractivity contribution in [3.63, 3.8) is 0 Å². The van der Waals surface area contributed by atoms with Crippen molar-refractivity contribution >= 4 is 21.9 Å². The fraction of sp³-hybridized carbons (Fsp3) is 0.417. The quantitative estimate of drug-likeness (QED) is 0.846. The average molecular weight is 286 g/mol. The Morgan fingerprint density at radius 2 is 2.06 bits per heavy atom. The Balaban J connectivity index is 2.43. The van der Waals surface area contributed by atoms with Gasteiger partial charge in [0.2, 0.25) is 0 Å². The molecule has 0 aliphatic carbocycles. The van der Waals surface area contributed by atoms with Crippen molar-refractivity contribution in [1.82, 2.24) is 5.32 Å². The largest absolute Gasteiger partial charge is 0.465 e. The van der Waals surface area contributed by atoms with Gasteiger partial charge in [-0.05, 0) is 31.5 Å². The summed E-state index contributed by atoms with van der Waals surface area (Å²) >= 11 is 3.38. The summed E-state index contributed by atoms with van der Waals surface area (Å²) in [6.07, 6.45) is 0. The van der Waals surface area contributed by atoms with Crippen molar-refractivity contribution < 1.29 is 9.53 Å². The van der Waals surface area contributed by atoms with Crippen LogP contribution in [0.15, 0.2) is 28.7 Å². The molecule has 1 rings (SSSR count). The topological polar surface area (TPSA) is 38.3 Å². The average Bonchev–Trinajstić information content (AvgIpc) is 2.27. The summed E-state index contributed by atoms with van der Waals surface area (Å²) < 4.78 is 5.89. The number of esters is 1. The van der Waals surface area contributed by atoms with Crippen molar-refractivity contribution in [2.24, 2.45) is 0 Å². The molecular formula is C12H16BrNO2. The SMILES string of the molecule is CCOC(=O)CN[C@H](C)c1ccc(Br)cc1. The van der Waals surface area contributed by atoms with E-state index in [0.717, 1.165) is 10.0 Å². The lowest BCUT2D eigenvalue weighted by Crippen LogP contribution is -2.27. The molecule has 1 N–H and O–H groups in total. The predicted molar refractivity (Wildman–Crippen MR) is 67.2 cm³/mol. The number of benzene rings is 1. The molecule has 0 aliphatic rings. The Morgan fingerprint density at radius 3 is 2.62 bits per heavy atom. The zero-order valence-electron chi connectivity index (χ0n) is 9.50. The van der Waals surface area contributed by atoms with Crippen molar-refractivity contribution in [3.05, 3.63) is 34.3 Å². The number of halogens is 1. The molecule has 16 heavy (non-hydrogen) atoms. The third kappa shape index (κ3) is 4.33. The van der Waals surface area contributed by atoms with E-state index in [4.69, 9.17) is 4.74 Å². The Labute approximate surface area is 104 Å². The first-order valence-electron chi connectivity index (χ1n) is 5.28. The second kappa shape index (κ2) is 6.66. The second-order valence-electron chi connectivity index (χ2n) is 3.46. The number of hydrogen-bond donors (Lipinski definition) is 1. The molecule has 0 saturated heterocycles. The maximum absolute atomic E-state index is 11.1. The molecular weight excluding hydrogens is 270 g/mol. The molecule has 0 saturated carbocycles. The van der Waals surface area contributed by atoms with Crippen LogP contribution in [0, 0.1) is 0 Å². The fourth-order valence-corrected chi connectivity index (χ4v) is 1.58. The number of carbonyl (C=O) groups is 1. The molecule has 0 amide bonds. The summed E-state index contributed by atoms with van der Waals surface area (Å²) in [4.78, 5) is 11.1. The minimum Gasteiger partial charge on any atom is -0.465 e. The van der Waals surface area contributed by atoms with Gasteiger partial charge in [0.15, 0.2) is 0 Å². The van der Waals surface area contributed by atoms with Crippen molar-refractivity contribution in [2.45, 2.75) is 19.9 Å². The first-order valence-corrected chi connectivity index (χ1v) is 6.07. The minimum absolute atomic E-state index is 0.137. The van der Waals surface area contributed by atoms with Crippen molar-refractivity contribution in [2.75, 3.05) is 13.2 Å². The third-order valence-corrected chi connectivity index (χ3v) is 2.76. The van der Waals surface area contributed by atoms with E-state index in [1.54, 1.807) is 6.92 Å². The molecule has 0 radical (unpaired) electrons. The summed E-state index contributed by atoms with van der Waals surface area (Å²) in [5, 5.41) is 3.11. The molecule has 1 aromatic rings. The molecule has 4 heteroatoms. The van der Waals surface area contributed by atoms with E-state index in [1.807, 2.05) is 31.2 Å². The molecule has 3 nitrogen and oxygen atoms in total. The number of nitrogens with one attached hydrogen (secondary N) is 1. The summed E-state index contributed by atoms with van der Waals surface area (Å²) in [5.74, 6) is -0.216. The van der Waals surface area contributed by atoms with Gasteiger partial charge in [0, 0.05) is 10.5 Å². The lowest BCUT2D eigenvalue weighted by molar-refractivity contribution is -0.142. The van der Waals surface area contributed by atoms with Gasteiger partial charge in [-0.25, -0.2) is 0 Å². The summed E-state index contributed by atoms with van der Waals surface area (Å²) in [5.41, 5.74) is 1.15. The van der Waals surface area contributed by atoms with Gasteiger partial charge in [-0.2, -0.15) is 0 Å². The van der Waals surface area contributed by atoms with Gasteiger partial charge >= 0.3 is 5.97 Å².